The van der Waals surface area contributed by atoms with Crippen LogP contribution in [-0.4, -0.2) is 0 Å². The molecule has 0 aliphatic heterocycles. The van der Waals surface area contributed by atoms with Crippen LogP contribution in [0.2, 0.25) is 5.02 Å². The zero-order chi connectivity index (χ0) is 11.7. The molecule has 0 atom stereocenters. The van der Waals surface area contributed by atoms with Crippen LogP contribution in [0.4, 0.5) is 14.5 Å². The molecule has 0 aliphatic rings. The van der Waals surface area contributed by atoms with Gasteiger partial charge in [0.05, 0.1) is 0 Å². The molecular formula is C12H8ClF2N. The molecule has 0 heterocycles. The van der Waals surface area contributed by atoms with Crippen molar-refractivity contribution in [3.8, 4) is 11.1 Å². The van der Waals surface area contributed by atoms with Gasteiger partial charge in [-0.2, -0.15) is 0 Å². The van der Waals surface area contributed by atoms with Crippen molar-refractivity contribution in [1.29, 1.82) is 0 Å². The largest absolute Gasteiger partial charge is 0.398 e. The van der Waals surface area contributed by atoms with Gasteiger partial charge in [-0.15, -0.1) is 0 Å². The number of halogens is 3. The van der Waals surface area contributed by atoms with E-state index < -0.39 is 11.6 Å². The third kappa shape index (κ3) is 1.99. The maximum atomic E-state index is 13.5. The van der Waals surface area contributed by atoms with Gasteiger partial charge in [-0.25, -0.2) is 8.78 Å². The zero-order valence-electron chi connectivity index (χ0n) is 8.18. The van der Waals surface area contributed by atoms with Crippen LogP contribution in [-0.2, 0) is 0 Å². The van der Waals surface area contributed by atoms with Crippen LogP contribution in [0.1, 0.15) is 0 Å². The Morgan fingerprint density at radius 2 is 1.62 bits per heavy atom. The van der Waals surface area contributed by atoms with Crippen molar-refractivity contribution >= 4 is 17.3 Å². The Bertz CT molecular complexity index is 491. The SMILES string of the molecule is Nc1cc(Cl)ccc1-c1ccc(F)cc1F. The molecule has 2 N–H and O–H groups in total. The Hall–Kier alpha value is -1.61. The lowest BCUT2D eigenvalue weighted by molar-refractivity contribution is 0.585. The summed E-state index contributed by atoms with van der Waals surface area (Å²) in [6.45, 7) is 0. The Balaban J connectivity index is 2.59. The first-order valence-electron chi connectivity index (χ1n) is 4.58. The van der Waals surface area contributed by atoms with E-state index >= 15 is 0 Å². The fourth-order valence-corrected chi connectivity index (χ4v) is 1.67. The van der Waals surface area contributed by atoms with Crippen LogP contribution in [0.5, 0.6) is 0 Å². The van der Waals surface area contributed by atoms with Gasteiger partial charge in [-0.3, -0.25) is 0 Å². The van der Waals surface area contributed by atoms with E-state index in [1.807, 2.05) is 0 Å². The van der Waals surface area contributed by atoms with Crippen molar-refractivity contribution in [2.75, 3.05) is 5.73 Å². The summed E-state index contributed by atoms with van der Waals surface area (Å²) in [4.78, 5) is 0. The Kier molecular flexibility index (Phi) is 2.79. The summed E-state index contributed by atoms with van der Waals surface area (Å²) >= 11 is 5.74. The topological polar surface area (TPSA) is 26.0 Å². The molecule has 2 aromatic carbocycles. The van der Waals surface area contributed by atoms with E-state index in [-0.39, 0.29) is 5.56 Å². The van der Waals surface area contributed by atoms with Gasteiger partial charge in [0.1, 0.15) is 11.6 Å². The molecule has 0 unspecified atom stereocenters. The van der Waals surface area contributed by atoms with E-state index in [4.69, 9.17) is 17.3 Å². The predicted molar refractivity (Wildman–Crippen MR) is 61.2 cm³/mol. The molecule has 0 spiro atoms. The second-order valence-corrected chi connectivity index (χ2v) is 3.79. The van der Waals surface area contributed by atoms with Gasteiger partial charge in [-0.05, 0) is 24.3 Å². The molecule has 0 saturated heterocycles. The minimum Gasteiger partial charge on any atom is -0.398 e. The molecule has 82 valence electrons. The Morgan fingerprint density at radius 1 is 0.938 bits per heavy atom. The normalized spacial score (nSPS) is 10.4. The van der Waals surface area contributed by atoms with E-state index in [0.29, 0.717) is 16.3 Å². The lowest BCUT2D eigenvalue weighted by atomic mass is 10.0. The number of anilines is 1. The maximum absolute atomic E-state index is 13.5. The smallest absolute Gasteiger partial charge is 0.134 e. The minimum atomic E-state index is -0.644. The van der Waals surface area contributed by atoms with Crippen LogP contribution >= 0.6 is 11.6 Å². The van der Waals surface area contributed by atoms with Crippen LogP contribution in [0.25, 0.3) is 11.1 Å². The highest BCUT2D eigenvalue weighted by molar-refractivity contribution is 6.31. The summed E-state index contributed by atoms with van der Waals surface area (Å²) in [5.74, 6) is -1.26. The molecular weight excluding hydrogens is 232 g/mol. The molecule has 0 aliphatic carbocycles. The third-order valence-electron chi connectivity index (χ3n) is 2.23. The molecule has 2 rings (SSSR count). The van der Waals surface area contributed by atoms with E-state index in [0.717, 1.165) is 6.07 Å². The number of benzene rings is 2. The molecule has 0 bridgehead atoms. The highest BCUT2D eigenvalue weighted by Crippen LogP contribution is 2.30. The standard InChI is InChI=1S/C12H8ClF2N/c13-7-1-3-10(12(16)5-7)9-4-2-8(14)6-11(9)15/h1-6H,16H2. The number of nitrogen functional groups attached to an aromatic ring is 1. The molecule has 0 saturated carbocycles. The summed E-state index contributed by atoms with van der Waals surface area (Å²) in [6, 6.07) is 8.10. The number of nitrogens with two attached hydrogens (primary N) is 1. The highest BCUT2D eigenvalue weighted by Gasteiger charge is 2.09. The quantitative estimate of drug-likeness (QED) is 0.751. The van der Waals surface area contributed by atoms with Crippen molar-refractivity contribution < 1.29 is 8.78 Å². The van der Waals surface area contributed by atoms with Crippen LogP contribution in [0.15, 0.2) is 36.4 Å². The van der Waals surface area contributed by atoms with Gasteiger partial charge in [0.15, 0.2) is 0 Å². The fraction of sp³-hybridized carbons (Fsp3) is 0. The van der Waals surface area contributed by atoms with Crippen LogP contribution in [0.3, 0.4) is 0 Å². The summed E-state index contributed by atoms with van der Waals surface area (Å²) < 4.78 is 26.2. The van der Waals surface area contributed by atoms with Gasteiger partial charge in [0.25, 0.3) is 0 Å². The Labute approximate surface area is 96.5 Å². The summed E-state index contributed by atoms with van der Waals surface area (Å²) in [5.41, 5.74) is 6.84. The van der Waals surface area contributed by atoms with Gasteiger partial charge in [0, 0.05) is 27.9 Å². The van der Waals surface area contributed by atoms with E-state index in [1.165, 1.54) is 18.2 Å². The van der Waals surface area contributed by atoms with Crippen LogP contribution < -0.4 is 5.73 Å². The first-order valence-corrected chi connectivity index (χ1v) is 4.96. The first-order chi connectivity index (χ1) is 7.58. The molecule has 4 heteroatoms. The molecule has 16 heavy (non-hydrogen) atoms. The first kappa shape index (κ1) is 10.9. The monoisotopic (exact) mass is 239 g/mol. The van der Waals surface area contributed by atoms with Crippen molar-refractivity contribution in [2.45, 2.75) is 0 Å². The second-order valence-electron chi connectivity index (χ2n) is 3.36. The lowest BCUT2D eigenvalue weighted by Gasteiger charge is -2.07. The average molecular weight is 240 g/mol. The van der Waals surface area contributed by atoms with E-state index in [9.17, 15) is 8.78 Å². The second kappa shape index (κ2) is 4.10. The molecule has 0 amide bonds. The van der Waals surface area contributed by atoms with Crippen molar-refractivity contribution in [1.82, 2.24) is 0 Å². The molecule has 0 aromatic heterocycles. The highest BCUT2D eigenvalue weighted by atomic mass is 35.5. The Morgan fingerprint density at radius 3 is 2.25 bits per heavy atom. The summed E-state index contributed by atoms with van der Waals surface area (Å²) in [7, 11) is 0. The van der Waals surface area contributed by atoms with E-state index in [1.54, 1.807) is 12.1 Å². The third-order valence-corrected chi connectivity index (χ3v) is 2.47. The fourth-order valence-electron chi connectivity index (χ4n) is 1.49. The van der Waals surface area contributed by atoms with Gasteiger partial charge in [-0.1, -0.05) is 17.7 Å². The van der Waals surface area contributed by atoms with Crippen molar-refractivity contribution in [3.63, 3.8) is 0 Å². The molecule has 1 nitrogen and oxygen atoms in total. The van der Waals surface area contributed by atoms with E-state index in [2.05, 4.69) is 0 Å². The molecule has 0 radical (unpaired) electrons. The van der Waals surface area contributed by atoms with Crippen LogP contribution in [0, 0.1) is 11.6 Å². The summed E-state index contributed by atoms with van der Waals surface area (Å²) in [6.07, 6.45) is 0. The summed E-state index contributed by atoms with van der Waals surface area (Å²) in [5, 5.41) is 0.476. The van der Waals surface area contributed by atoms with Crippen molar-refractivity contribution in [2.24, 2.45) is 0 Å². The zero-order valence-corrected chi connectivity index (χ0v) is 8.93. The number of rotatable bonds is 1. The van der Waals surface area contributed by atoms with Crippen molar-refractivity contribution in [3.05, 3.63) is 53.1 Å². The minimum absolute atomic E-state index is 0.260. The number of hydrogen-bond acceptors (Lipinski definition) is 1. The molecule has 0 fully saturated rings. The number of hydrogen-bond donors (Lipinski definition) is 1. The maximum Gasteiger partial charge on any atom is 0.134 e. The lowest BCUT2D eigenvalue weighted by Crippen LogP contribution is -1.92. The predicted octanol–water partition coefficient (Wildman–Crippen LogP) is 3.87. The van der Waals surface area contributed by atoms with Gasteiger partial charge >= 0.3 is 0 Å². The van der Waals surface area contributed by atoms with Gasteiger partial charge in [0.2, 0.25) is 0 Å². The average Bonchev–Trinajstić information content (AvgIpc) is 2.19. The molecule has 2 aromatic rings. The van der Waals surface area contributed by atoms with Gasteiger partial charge < -0.3 is 5.73 Å².